The summed E-state index contributed by atoms with van der Waals surface area (Å²) in [5.41, 5.74) is 3.07. The number of hydrogen-bond donors (Lipinski definition) is 3. The third-order valence-corrected chi connectivity index (χ3v) is 4.19. The molecule has 1 aromatic heterocycles. The van der Waals surface area contributed by atoms with Crippen molar-refractivity contribution in [1.29, 1.82) is 0 Å². The molecule has 1 amide bonds. The molecule has 0 fully saturated rings. The van der Waals surface area contributed by atoms with Crippen LogP contribution in [-0.4, -0.2) is 29.2 Å². The fraction of sp³-hybridized carbons (Fsp3) is 0.0556. The van der Waals surface area contributed by atoms with Gasteiger partial charge in [-0.05, 0) is 40.2 Å². The number of nitrogens with one attached hydrogen (secondary N) is 2. The van der Waals surface area contributed by atoms with Gasteiger partial charge in [0.25, 0.3) is 0 Å². The van der Waals surface area contributed by atoms with Crippen molar-refractivity contribution in [3.8, 4) is 0 Å². The number of carbonyl (C=O) groups excluding carboxylic acids is 1. The molecule has 0 saturated carbocycles. The van der Waals surface area contributed by atoms with Crippen LogP contribution in [0.4, 0.5) is 5.69 Å². The Kier molecular flexibility index (Phi) is 3.91. The lowest BCUT2D eigenvalue weighted by molar-refractivity contribution is -0.115. The molecule has 0 unspecified atom stereocenters. The molecule has 0 atom stereocenters. The topological polar surface area (TPSA) is 86.6 Å². The van der Waals surface area contributed by atoms with E-state index in [4.69, 9.17) is 0 Å². The lowest BCUT2D eigenvalue weighted by Gasteiger charge is -2.17. The SMILES string of the molecule is O=C(Cc1cccc2c1C=NNB2O)Nc1ccc2cnccc2c1. The maximum atomic E-state index is 12.4. The van der Waals surface area contributed by atoms with Crippen molar-refractivity contribution in [2.24, 2.45) is 5.10 Å². The van der Waals surface area contributed by atoms with Gasteiger partial charge in [0, 0.05) is 23.5 Å². The lowest BCUT2D eigenvalue weighted by Crippen LogP contribution is -2.47. The first-order chi connectivity index (χ1) is 12.2. The zero-order valence-electron chi connectivity index (χ0n) is 13.3. The summed E-state index contributed by atoms with van der Waals surface area (Å²) in [5, 5.41) is 21.4. The number of pyridine rings is 1. The van der Waals surface area contributed by atoms with Gasteiger partial charge in [-0.2, -0.15) is 5.10 Å². The minimum Gasteiger partial charge on any atom is -0.428 e. The van der Waals surface area contributed by atoms with E-state index in [2.05, 4.69) is 20.7 Å². The molecule has 7 heteroatoms. The average Bonchev–Trinajstić information content (AvgIpc) is 2.62. The summed E-state index contributed by atoms with van der Waals surface area (Å²) in [7, 11) is -0.850. The third-order valence-electron chi connectivity index (χ3n) is 4.19. The van der Waals surface area contributed by atoms with E-state index in [1.54, 1.807) is 18.6 Å². The van der Waals surface area contributed by atoms with Crippen molar-refractivity contribution >= 4 is 41.1 Å². The normalized spacial score (nSPS) is 12.6. The number of carbonyl (C=O) groups is 1. The van der Waals surface area contributed by atoms with Crippen LogP contribution in [0.5, 0.6) is 0 Å². The summed E-state index contributed by atoms with van der Waals surface area (Å²) >= 11 is 0. The van der Waals surface area contributed by atoms with Crippen LogP contribution >= 0.6 is 0 Å². The molecule has 6 nitrogen and oxygen atoms in total. The van der Waals surface area contributed by atoms with Crippen LogP contribution in [-0.2, 0) is 11.2 Å². The largest absolute Gasteiger partial charge is 0.464 e. The number of benzene rings is 2. The van der Waals surface area contributed by atoms with Crippen molar-refractivity contribution in [3.05, 3.63) is 66.0 Å². The summed E-state index contributed by atoms with van der Waals surface area (Å²) in [5.74, 6) is -0.122. The number of anilines is 1. The Balaban J connectivity index is 1.54. The average molecular weight is 330 g/mol. The van der Waals surface area contributed by atoms with E-state index in [0.29, 0.717) is 0 Å². The first-order valence-corrected chi connectivity index (χ1v) is 7.93. The Labute approximate surface area is 144 Å². The molecule has 2 aromatic carbocycles. The van der Waals surface area contributed by atoms with Gasteiger partial charge in [0.2, 0.25) is 5.91 Å². The Morgan fingerprint density at radius 3 is 3.04 bits per heavy atom. The molecule has 0 saturated heterocycles. The summed E-state index contributed by atoms with van der Waals surface area (Å²) in [4.78, 5) is 16.5. The second-order valence-electron chi connectivity index (χ2n) is 5.87. The van der Waals surface area contributed by atoms with Gasteiger partial charge >= 0.3 is 7.05 Å². The van der Waals surface area contributed by atoms with Crippen LogP contribution in [0.15, 0.2) is 60.0 Å². The number of fused-ring (bicyclic) bond motifs is 2. The van der Waals surface area contributed by atoms with Crippen molar-refractivity contribution < 1.29 is 9.82 Å². The first-order valence-electron chi connectivity index (χ1n) is 7.93. The van der Waals surface area contributed by atoms with E-state index in [1.165, 1.54) is 0 Å². The zero-order chi connectivity index (χ0) is 17.2. The van der Waals surface area contributed by atoms with Crippen molar-refractivity contribution in [2.45, 2.75) is 6.42 Å². The molecule has 0 spiro atoms. The van der Waals surface area contributed by atoms with Crippen LogP contribution in [0.3, 0.4) is 0 Å². The second-order valence-corrected chi connectivity index (χ2v) is 5.87. The number of hydrazone groups is 1. The van der Waals surface area contributed by atoms with Crippen LogP contribution in [0.1, 0.15) is 11.1 Å². The number of amides is 1. The molecule has 1 aliphatic heterocycles. The maximum Gasteiger partial charge on any atom is 0.464 e. The van der Waals surface area contributed by atoms with Crippen molar-refractivity contribution in [2.75, 3.05) is 5.32 Å². The molecule has 2 heterocycles. The first kappa shape index (κ1) is 15.3. The summed E-state index contributed by atoms with van der Waals surface area (Å²) < 4.78 is 0. The molecule has 0 aliphatic carbocycles. The molecular weight excluding hydrogens is 315 g/mol. The van der Waals surface area contributed by atoms with Crippen molar-refractivity contribution in [3.63, 3.8) is 0 Å². The molecule has 3 aromatic rings. The molecule has 4 rings (SSSR count). The summed E-state index contributed by atoms with van der Waals surface area (Å²) in [6, 6.07) is 13.1. The smallest absolute Gasteiger partial charge is 0.428 e. The fourth-order valence-electron chi connectivity index (χ4n) is 2.96. The Morgan fingerprint density at radius 2 is 2.12 bits per heavy atom. The predicted octanol–water partition coefficient (Wildman–Crippen LogP) is 1.04. The van der Waals surface area contributed by atoms with Crippen LogP contribution in [0.2, 0.25) is 0 Å². The Bertz CT molecular complexity index is 990. The van der Waals surface area contributed by atoms with E-state index < -0.39 is 7.05 Å². The molecule has 25 heavy (non-hydrogen) atoms. The number of rotatable bonds is 3. The standard InChI is InChI=1S/C18H15BN4O2/c24-18(22-15-5-4-14-10-20-7-6-12(14)8-15)9-13-2-1-3-17-16(13)11-21-23-19(17)25/h1-8,10-11,23,25H,9H2,(H,22,24). The van der Waals surface area contributed by atoms with Gasteiger partial charge in [0.15, 0.2) is 0 Å². The Morgan fingerprint density at radius 1 is 1.20 bits per heavy atom. The van der Waals surface area contributed by atoms with Gasteiger partial charge in [0.05, 0.1) is 12.6 Å². The molecule has 3 N–H and O–H groups in total. The van der Waals surface area contributed by atoms with Crippen LogP contribution < -0.4 is 16.1 Å². The fourth-order valence-corrected chi connectivity index (χ4v) is 2.96. The number of nitrogens with zero attached hydrogens (tertiary/aromatic N) is 2. The zero-order valence-corrected chi connectivity index (χ0v) is 13.3. The van der Waals surface area contributed by atoms with E-state index >= 15 is 0 Å². The molecular formula is C18H15BN4O2. The summed E-state index contributed by atoms with van der Waals surface area (Å²) in [6.07, 6.45) is 5.35. The Hall–Kier alpha value is -3.19. The van der Waals surface area contributed by atoms with Crippen LogP contribution in [0.25, 0.3) is 10.8 Å². The minimum atomic E-state index is -0.850. The summed E-state index contributed by atoms with van der Waals surface area (Å²) in [6.45, 7) is 0. The van der Waals surface area contributed by atoms with E-state index in [1.807, 2.05) is 42.5 Å². The quantitative estimate of drug-likeness (QED) is 0.627. The number of hydrogen-bond acceptors (Lipinski definition) is 5. The van der Waals surface area contributed by atoms with E-state index in [0.717, 1.165) is 33.0 Å². The van der Waals surface area contributed by atoms with Gasteiger partial charge in [-0.25, -0.2) is 0 Å². The third kappa shape index (κ3) is 3.09. The number of aromatic nitrogens is 1. The molecule has 122 valence electrons. The van der Waals surface area contributed by atoms with Crippen LogP contribution in [0, 0.1) is 0 Å². The van der Waals surface area contributed by atoms with E-state index in [9.17, 15) is 9.82 Å². The van der Waals surface area contributed by atoms with Crippen molar-refractivity contribution in [1.82, 2.24) is 10.3 Å². The second kappa shape index (κ2) is 6.37. The van der Waals surface area contributed by atoms with Gasteiger partial charge < -0.3 is 15.7 Å². The molecule has 0 radical (unpaired) electrons. The van der Waals surface area contributed by atoms with E-state index in [-0.39, 0.29) is 12.3 Å². The predicted molar refractivity (Wildman–Crippen MR) is 98.9 cm³/mol. The van der Waals surface area contributed by atoms with Gasteiger partial charge in [0.1, 0.15) is 0 Å². The minimum absolute atomic E-state index is 0.122. The highest BCUT2D eigenvalue weighted by Gasteiger charge is 2.23. The highest BCUT2D eigenvalue weighted by molar-refractivity contribution is 6.65. The monoisotopic (exact) mass is 330 g/mol. The molecule has 1 aliphatic rings. The highest BCUT2D eigenvalue weighted by Crippen LogP contribution is 2.18. The lowest BCUT2D eigenvalue weighted by atomic mass is 9.70. The van der Waals surface area contributed by atoms with Gasteiger partial charge in [-0.3, -0.25) is 9.78 Å². The highest BCUT2D eigenvalue weighted by atomic mass is 16.2. The van der Waals surface area contributed by atoms with Gasteiger partial charge in [-0.15, -0.1) is 0 Å². The van der Waals surface area contributed by atoms with Gasteiger partial charge in [-0.1, -0.05) is 24.3 Å². The maximum absolute atomic E-state index is 12.4. The molecule has 0 bridgehead atoms.